The number of benzene rings is 1. The SMILES string of the molecule is Cc1ccccc1C(=O)Nc1ccc(NC2CCCC2)cn1. The second kappa shape index (κ2) is 6.60. The Morgan fingerprint density at radius 3 is 2.59 bits per heavy atom. The molecule has 2 aromatic rings. The van der Waals surface area contributed by atoms with Gasteiger partial charge in [-0.15, -0.1) is 0 Å². The van der Waals surface area contributed by atoms with E-state index in [0.29, 0.717) is 17.4 Å². The normalized spacial score (nSPS) is 14.8. The molecule has 1 aliphatic rings. The predicted octanol–water partition coefficient (Wildman–Crippen LogP) is 4.00. The molecular weight excluding hydrogens is 274 g/mol. The maximum Gasteiger partial charge on any atom is 0.257 e. The molecule has 1 aliphatic carbocycles. The van der Waals surface area contributed by atoms with E-state index in [1.165, 1.54) is 25.7 Å². The van der Waals surface area contributed by atoms with Crippen molar-refractivity contribution in [1.29, 1.82) is 0 Å². The summed E-state index contributed by atoms with van der Waals surface area (Å²) in [5, 5.41) is 6.33. The molecule has 1 saturated carbocycles. The summed E-state index contributed by atoms with van der Waals surface area (Å²) < 4.78 is 0. The molecule has 3 rings (SSSR count). The number of aryl methyl sites for hydroxylation is 1. The van der Waals surface area contributed by atoms with E-state index in [-0.39, 0.29) is 5.91 Å². The molecule has 1 fully saturated rings. The zero-order chi connectivity index (χ0) is 15.4. The molecular formula is C18H21N3O. The van der Waals surface area contributed by atoms with Crippen LogP contribution in [0.5, 0.6) is 0 Å². The minimum absolute atomic E-state index is 0.123. The zero-order valence-corrected chi connectivity index (χ0v) is 12.8. The standard InChI is InChI=1S/C18H21N3O/c1-13-6-2-5-9-16(13)18(22)21-17-11-10-15(12-19-17)20-14-7-3-4-8-14/h2,5-6,9-12,14,20H,3-4,7-8H2,1H3,(H,19,21,22). The lowest BCUT2D eigenvalue weighted by Gasteiger charge is -2.13. The zero-order valence-electron chi connectivity index (χ0n) is 12.8. The summed E-state index contributed by atoms with van der Waals surface area (Å²) in [4.78, 5) is 16.6. The van der Waals surface area contributed by atoms with Crippen LogP contribution < -0.4 is 10.6 Å². The van der Waals surface area contributed by atoms with Crippen LogP contribution >= 0.6 is 0 Å². The first-order valence-electron chi connectivity index (χ1n) is 7.82. The third-order valence-corrected chi connectivity index (χ3v) is 4.12. The molecule has 1 amide bonds. The Morgan fingerprint density at radius 1 is 1.14 bits per heavy atom. The molecule has 0 bridgehead atoms. The van der Waals surface area contributed by atoms with E-state index < -0.39 is 0 Å². The average Bonchev–Trinajstić information content (AvgIpc) is 3.02. The number of carbonyl (C=O) groups excluding carboxylic acids is 1. The Bertz CT molecular complexity index is 646. The lowest BCUT2D eigenvalue weighted by Crippen LogP contribution is -2.16. The van der Waals surface area contributed by atoms with Crippen LogP contribution in [-0.4, -0.2) is 16.9 Å². The van der Waals surface area contributed by atoms with Gasteiger partial charge in [-0.2, -0.15) is 0 Å². The number of hydrogen-bond acceptors (Lipinski definition) is 3. The van der Waals surface area contributed by atoms with E-state index in [1.54, 1.807) is 6.20 Å². The van der Waals surface area contributed by atoms with Crippen LogP contribution in [0.3, 0.4) is 0 Å². The van der Waals surface area contributed by atoms with Gasteiger partial charge in [0.1, 0.15) is 5.82 Å². The molecule has 1 aromatic heterocycles. The first-order valence-corrected chi connectivity index (χ1v) is 7.82. The van der Waals surface area contributed by atoms with Crippen molar-refractivity contribution in [1.82, 2.24) is 4.98 Å². The van der Waals surface area contributed by atoms with Gasteiger partial charge in [0.25, 0.3) is 5.91 Å². The van der Waals surface area contributed by atoms with E-state index in [2.05, 4.69) is 15.6 Å². The maximum absolute atomic E-state index is 12.2. The summed E-state index contributed by atoms with van der Waals surface area (Å²) >= 11 is 0. The van der Waals surface area contributed by atoms with E-state index in [4.69, 9.17) is 0 Å². The van der Waals surface area contributed by atoms with Crippen molar-refractivity contribution in [2.45, 2.75) is 38.6 Å². The Labute approximate surface area is 131 Å². The molecule has 0 spiro atoms. The molecule has 4 nitrogen and oxygen atoms in total. The van der Waals surface area contributed by atoms with Crippen molar-refractivity contribution in [3.05, 3.63) is 53.7 Å². The minimum Gasteiger partial charge on any atom is -0.381 e. The van der Waals surface area contributed by atoms with Gasteiger partial charge in [-0.05, 0) is 43.5 Å². The number of carbonyl (C=O) groups is 1. The van der Waals surface area contributed by atoms with Crippen LogP contribution in [0.2, 0.25) is 0 Å². The molecule has 0 saturated heterocycles. The molecule has 0 radical (unpaired) electrons. The number of rotatable bonds is 4. The molecule has 1 heterocycles. The summed E-state index contributed by atoms with van der Waals surface area (Å²) in [7, 11) is 0. The van der Waals surface area contributed by atoms with Gasteiger partial charge in [-0.1, -0.05) is 31.0 Å². The topological polar surface area (TPSA) is 54.0 Å². The summed E-state index contributed by atoms with van der Waals surface area (Å²) in [5.41, 5.74) is 2.65. The van der Waals surface area contributed by atoms with Crippen LogP contribution in [-0.2, 0) is 0 Å². The van der Waals surface area contributed by atoms with Crippen LogP contribution in [0.25, 0.3) is 0 Å². The number of anilines is 2. The van der Waals surface area contributed by atoms with E-state index >= 15 is 0 Å². The van der Waals surface area contributed by atoms with Crippen molar-refractivity contribution >= 4 is 17.4 Å². The van der Waals surface area contributed by atoms with Crippen LogP contribution in [0.15, 0.2) is 42.6 Å². The van der Waals surface area contributed by atoms with Crippen molar-refractivity contribution < 1.29 is 4.79 Å². The van der Waals surface area contributed by atoms with Crippen molar-refractivity contribution in [2.24, 2.45) is 0 Å². The Balaban J connectivity index is 1.63. The minimum atomic E-state index is -0.123. The smallest absolute Gasteiger partial charge is 0.257 e. The van der Waals surface area contributed by atoms with E-state index in [9.17, 15) is 4.79 Å². The second-order valence-electron chi connectivity index (χ2n) is 5.83. The average molecular weight is 295 g/mol. The number of nitrogens with one attached hydrogen (secondary N) is 2. The molecule has 4 heteroatoms. The first-order chi connectivity index (χ1) is 10.7. The van der Waals surface area contributed by atoms with E-state index in [1.807, 2.05) is 43.3 Å². The fourth-order valence-corrected chi connectivity index (χ4v) is 2.87. The molecule has 0 aliphatic heterocycles. The number of pyridine rings is 1. The molecule has 22 heavy (non-hydrogen) atoms. The molecule has 114 valence electrons. The third kappa shape index (κ3) is 3.45. The van der Waals surface area contributed by atoms with Gasteiger partial charge in [-0.3, -0.25) is 4.79 Å². The summed E-state index contributed by atoms with van der Waals surface area (Å²) in [6, 6.07) is 11.9. The lowest BCUT2D eigenvalue weighted by atomic mass is 10.1. The summed E-state index contributed by atoms with van der Waals surface area (Å²) in [6.07, 6.45) is 6.84. The predicted molar refractivity (Wildman–Crippen MR) is 89.2 cm³/mol. The Kier molecular flexibility index (Phi) is 4.37. The highest BCUT2D eigenvalue weighted by Crippen LogP contribution is 2.22. The van der Waals surface area contributed by atoms with Gasteiger partial charge in [-0.25, -0.2) is 4.98 Å². The Hall–Kier alpha value is -2.36. The van der Waals surface area contributed by atoms with Crippen molar-refractivity contribution in [2.75, 3.05) is 10.6 Å². The fourth-order valence-electron chi connectivity index (χ4n) is 2.87. The van der Waals surface area contributed by atoms with Crippen molar-refractivity contribution in [3.8, 4) is 0 Å². The highest BCUT2D eigenvalue weighted by atomic mass is 16.1. The largest absolute Gasteiger partial charge is 0.381 e. The van der Waals surface area contributed by atoms with Crippen molar-refractivity contribution in [3.63, 3.8) is 0 Å². The first kappa shape index (κ1) is 14.6. The van der Waals surface area contributed by atoms with E-state index in [0.717, 1.165) is 11.3 Å². The van der Waals surface area contributed by atoms with Gasteiger partial charge < -0.3 is 10.6 Å². The van der Waals surface area contributed by atoms with Gasteiger partial charge in [0.2, 0.25) is 0 Å². The van der Waals surface area contributed by atoms with Gasteiger partial charge in [0.05, 0.1) is 11.9 Å². The number of nitrogens with zero attached hydrogens (tertiary/aromatic N) is 1. The summed E-state index contributed by atoms with van der Waals surface area (Å²) in [5.74, 6) is 0.451. The highest BCUT2D eigenvalue weighted by molar-refractivity contribution is 6.04. The monoisotopic (exact) mass is 295 g/mol. The Morgan fingerprint density at radius 2 is 1.91 bits per heavy atom. The lowest BCUT2D eigenvalue weighted by molar-refractivity contribution is 0.102. The summed E-state index contributed by atoms with van der Waals surface area (Å²) in [6.45, 7) is 1.93. The quantitative estimate of drug-likeness (QED) is 0.896. The van der Waals surface area contributed by atoms with Gasteiger partial charge in [0.15, 0.2) is 0 Å². The number of amides is 1. The molecule has 1 aromatic carbocycles. The van der Waals surface area contributed by atoms with Gasteiger partial charge in [0, 0.05) is 11.6 Å². The maximum atomic E-state index is 12.2. The van der Waals surface area contributed by atoms with Crippen LogP contribution in [0.4, 0.5) is 11.5 Å². The molecule has 2 N–H and O–H groups in total. The highest BCUT2D eigenvalue weighted by Gasteiger charge is 2.14. The second-order valence-corrected chi connectivity index (χ2v) is 5.83. The molecule has 0 unspecified atom stereocenters. The van der Waals surface area contributed by atoms with Crippen LogP contribution in [0, 0.1) is 6.92 Å². The number of aromatic nitrogens is 1. The fraction of sp³-hybridized carbons (Fsp3) is 0.333. The number of hydrogen-bond donors (Lipinski definition) is 2. The van der Waals surface area contributed by atoms with Gasteiger partial charge >= 0.3 is 0 Å². The van der Waals surface area contributed by atoms with Crippen LogP contribution in [0.1, 0.15) is 41.6 Å². The third-order valence-electron chi connectivity index (χ3n) is 4.12. The molecule has 0 atom stereocenters.